The second-order valence-electron chi connectivity index (χ2n) is 4.01. The van der Waals surface area contributed by atoms with Gasteiger partial charge >= 0.3 is 0 Å². The SMILES string of the molecule is C.O=Cc1cnc(SC2CC3CC2N3)nc1. The highest BCUT2D eigenvalue weighted by Crippen LogP contribution is 2.40. The first-order chi connectivity index (χ1) is 7.35. The molecule has 16 heavy (non-hydrogen) atoms. The number of carbonyl (C=O) groups excluding carboxylic acids is 1. The second kappa shape index (κ2) is 4.51. The molecule has 3 atom stereocenters. The first-order valence-electron chi connectivity index (χ1n) is 5.05. The maximum Gasteiger partial charge on any atom is 0.187 e. The van der Waals surface area contributed by atoms with Crippen molar-refractivity contribution < 1.29 is 4.79 Å². The van der Waals surface area contributed by atoms with Crippen LogP contribution in [0.15, 0.2) is 17.6 Å². The predicted octanol–water partition coefficient (Wildman–Crippen LogP) is 1.52. The van der Waals surface area contributed by atoms with Gasteiger partial charge in [0.15, 0.2) is 11.4 Å². The van der Waals surface area contributed by atoms with E-state index in [4.69, 9.17) is 0 Å². The highest BCUT2D eigenvalue weighted by molar-refractivity contribution is 7.99. The summed E-state index contributed by atoms with van der Waals surface area (Å²) in [5.74, 6) is 0. The Morgan fingerprint density at radius 1 is 1.38 bits per heavy atom. The van der Waals surface area contributed by atoms with Crippen LogP contribution in [0.5, 0.6) is 0 Å². The van der Waals surface area contributed by atoms with Crippen LogP contribution in [0.2, 0.25) is 0 Å². The number of fused-ring (bicyclic) bond motifs is 1. The van der Waals surface area contributed by atoms with Crippen LogP contribution in [0.3, 0.4) is 0 Å². The van der Waals surface area contributed by atoms with Gasteiger partial charge in [-0.25, -0.2) is 9.97 Å². The Morgan fingerprint density at radius 2 is 2.06 bits per heavy atom. The molecule has 1 saturated carbocycles. The largest absolute Gasteiger partial charge is 0.310 e. The molecule has 4 rings (SSSR count). The summed E-state index contributed by atoms with van der Waals surface area (Å²) >= 11 is 1.72. The summed E-state index contributed by atoms with van der Waals surface area (Å²) in [6.45, 7) is 0. The lowest BCUT2D eigenvalue weighted by Crippen LogP contribution is -2.45. The Kier molecular flexibility index (Phi) is 3.25. The minimum absolute atomic E-state index is 0. The lowest BCUT2D eigenvalue weighted by molar-refractivity contribution is 0.112. The van der Waals surface area contributed by atoms with Gasteiger partial charge in [-0.2, -0.15) is 0 Å². The molecular formula is C11H15N3OS. The van der Waals surface area contributed by atoms with Gasteiger partial charge < -0.3 is 5.32 Å². The van der Waals surface area contributed by atoms with Gasteiger partial charge in [0, 0.05) is 29.7 Å². The van der Waals surface area contributed by atoms with Crippen molar-refractivity contribution in [2.45, 2.75) is 42.8 Å². The summed E-state index contributed by atoms with van der Waals surface area (Å²) in [6, 6.07) is 1.37. The lowest BCUT2D eigenvalue weighted by atomic mass is 10.1. The van der Waals surface area contributed by atoms with Crippen molar-refractivity contribution in [2.75, 3.05) is 0 Å². The van der Waals surface area contributed by atoms with Gasteiger partial charge in [0.25, 0.3) is 0 Å². The Hall–Kier alpha value is -0.940. The van der Waals surface area contributed by atoms with Crippen LogP contribution in [0.25, 0.3) is 0 Å². The molecule has 3 aliphatic rings. The van der Waals surface area contributed by atoms with E-state index in [9.17, 15) is 4.79 Å². The number of aromatic nitrogens is 2. The van der Waals surface area contributed by atoms with Crippen molar-refractivity contribution in [3.8, 4) is 0 Å². The molecule has 2 saturated heterocycles. The number of carbonyl (C=O) groups is 1. The molecule has 1 N–H and O–H groups in total. The minimum atomic E-state index is 0. The highest BCUT2D eigenvalue weighted by Gasteiger charge is 2.44. The smallest absolute Gasteiger partial charge is 0.187 e. The van der Waals surface area contributed by atoms with E-state index in [0.717, 1.165) is 17.5 Å². The predicted molar refractivity (Wildman–Crippen MR) is 63.7 cm³/mol. The van der Waals surface area contributed by atoms with E-state index in [1.807, 2.05) is 0 Å². The summed E-state index contributed by atoms with van der Waals surface area (Å²) < 4.78 is 0. The lowest BCUT2D eigenvalue weighted by Gasteiger charge is -2.26. The Labute approximate surface area is 99.3 Å². The molecule has 3 heterocycles. The Bertz CT molecular complexity index is 375. The molecule has 3 fully saturated rings. The van der Waals surface area contributed by atoms with E-state index in [-0.39, 0.29) is 7.43 Å². The molecule has 1 aromatic heterocycles. The Balaban J connectivity index is 0.000000963. The molecule has 1 aromatic rings. The van der Waals surface area contributed by atoms with E-state index in [1.54, 1.807) is 24.2 Å². The maximum atomic E-state index is 10.4. The fourth-order valence-corrected chi connectivity index (χ4v) is 3.35. The van der Waals surface area contributed by atoms with Crippen LogP contribution in [-0.2, 0) is 0 Å². The first-order valence-corrected chi connectivity index (χ1v) is 5.93. The summed E-state index contributed by atoms with van der Waals surface area (Å²) in [7, 11) is 0. The number of nitrogens with zero attached hydrogens (tertiary/aromatic N) is 2. The summed E-state index contributed by atoms with van der Waals surface area (Å²) in [5.41, 5.74) is 0.535. The minimum Gasteiger partial charge on any atom is -0.310 e. The molecule has 0 spiro atoms. The van der Waals surface area contributed by atoms with Crippen LogP contribution in [0.1, 0.15) is 30.6 Å². The van der Waals surface area contributed by atoms with E-state index < -0.39 is 0 Å². The molecule has 2 bridgehead atoms. The second-order valence-corrected chi connectivity index (χ2v) is 5.22. The van der Waals surface area contributed by atoms with Gasteiger partial charge in [0.05, 0.1) is 5.56 Å². The normalized spacial score (nSPS) is 30.4. The van der Waals surface area contributed by atoms with E-state index in [0.29, 0.717) is 16.9 Å². The van der Waals surface area contributed by atoms with E-state index in [1.165, 1.54) is 12.8 Å². The van der Waals surface area contributed by atoms with Gasteiger partial charge in [-0.3, -0.25) is 4.79 Å². The number of rotatable bonds is 3. The van der Waals surface area contributed by atoms with Crippen molar-refractivity contribution in [1.82, 2.24) is 15.3 Å². The number of thioether (sulfide) groups is 1. The average Bonchev–Trinajstić information content (AvgIpc) is 2.77. The third kappa shape index (κ3) is 1.97. The molecule has 4 nitrogen and oxygen atoms in total. The van der Waals surface area contributed by atoms with Crippen molar-refractivity contribution in [3.05, 3.63) is 18.0 Å². The van der Waals surface area contributed by atoms with Gasteiger partial charge in [-0.15, -0.1) is 0 Å². The van der Waals surface area contributed by atoms with Gasteiger partial charge in [0.2, 0.25) is 0 Å². The maximum absolute atomic E-state index is 10.4. The first kappa shape index (κ1) is 11.5. The van der Waals surface area contributed by atoms with Gasteiger partial charge in [-0.05, 0) is 12.8 Å². The summed E-state index contributed by atoms with van der Waals surface area (Å²) in [5, 5.41) is 4.86. The summed E-state index contributed by atoms with van der Waals surface area (Å²) in [6.07, 6.45) is 6.44. The number of hydrogen-bond acceptors (Lipinski definition) is 5. The molecular weight excluding hydrogens is 222 g/mol. The highest BCUT2D eigenvalue weighted by atomic mass is 32.2. The molecule has 86 valence electrons. The van der Waals surface area contributed by atoms with Crippen LogP contribution < -0.4 is 5.32 Å². The van der Waals surface area contributed by atoms with E-state index >= 15 is 0 Å². The van der Waals surface area contributed by atoms with Crippen molar-refractivity contribution in [1.29, 1.82) is 0 Å². The zero-order valence-corrected chi connectivity index (χ0v) is 8.91. The van der Waals surface area contributed by atoms with Crippen LogP contribution in [-0.4, -0.2) is 33.6 Å². The molecule has 3 unspecified atom stereocenters. The van der Waals surface area contributed by atoms with Crippen LogP contribution in [0.4, 0.5) is 0 Å². The molecule has 0 aromatic carbocycles. The quantitative estimate of drug-likeness (QED) is 0.638. The fraction of sp³-hybridized carbons (Fsp3) is 0.545. The number of aldehydes is 1. The zero-order chi connectivity index (χ0) is 10.3. The zero-order valence-electron chi connectivity index (χ0n) is 8.09. The third-order valence-electron chi connectivity index (χ3n) is 2.99. The van der Waals surface area contributed by atoms with E-state index in [2.05, 4.69) is 15.3 Å². The standard InChI is InChI=1S/C10H11N3OS.CH4/c14-5-6-3-11-10(12-4-6)15-9-2-7-1-8(9)13-7;/h3-5,7-9,13H,1-2H2;1H4. The van der Waals surface area contributed by atoms with Crippen molar-refractivity contribution in [3.63, 3.8) is 0 Å². The van der Waals surface area contributed by atoms with Gasteiger partial charge in [-0.1, -0.05) is 19.2 Å². The fourth-order valence-electron chi connectivity index (χ4n) is 2.17. The number of nitrogens with one attached hydrogen (secondary N) is 1. The monoisotopic (exact) mass is 237 g/mol. The van der Waals surface area contributed by atoms with Crippen molar-refractivity contribution in [2.24, 2.45) is 0 Å². The van der Waals surface area contributed by atoms with Gasteiger partial charge in [0.1, 0.15) is 0 Å². The molecule has 0 radical (unpaired) electrons. The van der Waals surface area contributed by atoms with Crippen LogP contribution >= 0.6 is 11.8 Å². The Morgan fingerprint density at radius 3 is 2.56 bits per heavy atom. The third-order valence-corrected chi connectivity index (χ3v) is 4.24. The molecule has 2 aliphatic heterocycles. The molecule has 0 amide bonds. The van der Waals surface area contributed by atoms with Crippen molar-refractivity contribution >= 4 is 18.0 Å². The van der Waals surface area contributed by atoms with Crippen LogP contribution in [0, 0.1) is 0 Å². The molecule has 5 heteroatoms. The summed E-state index contributed by atoms with van der Waals surface area (Å²) in [4.78, 5) is 18.7. The molecule has 1 aliphatic carbocycles. The average molecular weight is 237 g/mol. The topological polar surface area (TPSA) is 54.9 Å². The number of hydrogen-bond donors (Lipinski definition) is 1.